The second-order valence-corrected chi connectivity index (χ2v) is 19.8. The summed E-state index contributed by atoms with van der Waals surface area (Å²) >= 11 is 0. The molecular formula is C43H66O14. The maximum Gasteiger partial charge on any atom is 0.313 e. The van der Waals surface area contributed by atoms with E-state index < -0.39 is 84.4 Å². The van der Waals surface area contributed by atoms with E-state index in [1.807, 2.05) is 13.8 Å². The zero-order valence-electron chi connectivity index (χ0n) is 34.6. The highest BCUT2D eigenvalue weighted by Gasteiger charge is 2.76. The molecule has 0 aromatic carbocycles. The average Bonchev–Trinajstić information content (AvgIpc) is 3.57. The average molecular weight is 807 g/mol. The van der Waals surface area contributed by atoms with Crippen LogP contribution < -0.4 is 0 Å². The predicted octanol–water partition coefficient (Wildman–Crippen LogP) is 2.82. The number of carbonyl (C=O) groups is 2. The van der Waals surface area contributed by atoms with Gasteiger partial charge in [-0.1, -0.05) is 44.9 Å². The van der Waals surface area contributed by atoms with Crippen LogP contribution >= 0.6 is 0 Å². The highest BCUT2D eigenvalue weighted by molar-refractivity contribution is 5.83. The topological polar surface area (TPSA) is 211 Å². The summed E-state index contributed by atoms with van der Waals surface area (Å²) in [4.78, 5) is 26.5. The van der Waals surface area contributed by atoms with Crippen LogP contribution in [0.25, 0.3) is 0 Å². The Labute approximate surface area is 335 Å². The van der Waals surface area contributed by atoms with Crippen LogP contribution in [0.1, 0.15) is 106 Å². The largest absolute Gasteiger partial charge is 0.462 e. The summed E-state index contributed by atoms with van der Waals surface area (Å²) in [6.07, 6.45) is -4.92. The smallest absolute Gasteiger partial charge is 0.313 e. The molecule has 6 fully saturated rings. The zero-order chi connectivity index (χ0) is 41.6. The molecule has 0 aromatic heterocycles. The van der Waals surface area contributed by atoms with E-state index >= 15 is 0 Å². The van der Waals surface area contributed by atoms with Crippen molar-refractivity contribution in [3.8, 4) is 0 Å². The van der Waals surface area contributed by atoms with E-state index in [9.17, 15) is 40.2 Å². The van der Waals surface area contributed by atoms with Gasteiger partial charge in [-0.15, -0.1) is 6.58 Å². The summed E-state index contributed by atoms with van der Waals surface area (Å²) < 4.78 is 36.4. The van der Waals surface area contributed by atoms with Gasteiger partial charge >= 0.3 is 11.9 Å². The summed E-state index contributed by atoms with van der Waals surface area (Å²) in [7, 11) is 0. The fraction of sp³-hybridized carbons (Fsp3) is 0.860. The molecule has 4 aliphatic carbocycles. The molecule has 57 heavy (non-hydrogen) atoms. The quantitative estimate of drug-likeness (QED) is 0.139. The molecule has 7 aliphatic rings. The molecule has 1 spiro atoms. The predicted molar refractivity (Wildman–Crippen MR) is 203 cm³/mol. The van der Waals surface area contributed by atoms with E-state index in [0.717, 1.165) is 44.1 Å². The van der Waals surface area contributed by atoms with Crippen LogP contribution in [-0.2, 0) is 38.0 Å². The Morgan fingerprint density at radius 3 is 2.30 bits per heavy atom. The van der Waals surface area contributed by atoms with Crippen LogP contribution in [0, 0.1) is 39.4 Å². The molecule has 3 saturated heterocycles. The second kappa shape index (κ2) is 15.2. The van der Waals surface area contributed by atoms with Crippen molar-refractivity contribution in [3.63, 3.8) is 0 Å². The highest BCUT2D eigenvalue weighted by Crippen LogP contribution is 2.76. The molecule has 14 nitrogen and oxygen atoms in total. The number of hydrogen-bond acceptors (Lipinski definition) is 14. The third-order valence-electron chi connectivity index (χ3n) is 16.0. The molecule has 0 aromatic rings. The molecule has 7 rings (SSSR count). The van der Waals surface area contributed by atoms with Gasteiger partial charge in [0.25, 0.3) is 0 Å². The van der Waals surface area contributed by atoms with Crippen LogP contribution in [0.3, 0.4) is 0 Å². The van der Waals surface area contributed by atoms with E-state index in [2.05, 4.69) is 40.3 Å². The summed E-state index contributed by atoms with van der Waals surface area (Å²) in [6, 6.07) is 0. The first-order valence-electron chi connectivity index (χ1n) is 21.0. The number of fused-ring (bicyclic) bond motifs is 4. The van der Waals surface area contributed by atoms with E-state index in [-0.39, 0.29) is 53.2 Å². The van der Waals surface area contributed by atoms with Crippen molar-refractivity contribution in [2.75, 3.05) is 13.2 Å². The van der Waals surface area contributed by atoms with Crippen molar-refractivity contribution in [3.05, 3.63) is 23.8 Å². The zero-order valence-corrected chi connectivity index (χ0v) is 34.6. The molecule has 0 bridgehead atoms. The lowest BCUT2D eigenvalue weighted by molar-refractivity contribution is -0.366. The third-order valence-corrected chi connectivity index (χ3v) is 16.0. The van der Waals surface area contributed by atoms with E-state index in [1.54, 1.807) is 0 Å². The molecule has 3 aliphatic heterocycles. The minimum atomic E-state index is -1.71. The molecule has 0 unspecified atom stereocenters. The van der Waals surface area contributed by atoms with Gasteiger partial charge in [-0.25, -0.2) is 0 Å². The van der Waals surface area contributed by atoms with Gasteiger partial charge in [0.2, 0.25) is 0 Å². The van der Waals surface area contributed by atoms with Crippen molar-refractivity contribution in [2.45, 2.75) is 179 Å². The van der Waals surface area contributed by atoms with Gasteiger partial charge in [-0.2, -0.15) is 0 Å². The summed E-state index contributed by atoms with van der Waals surface area (Å²) in [5, 5.41) is 62.7. The molecule has 6 N–H and O–H groups in total. The van der Waals surface area contributed by atoms with Crippen molar-refractivity contribution in [2.24, 2.45) is 39.4 Å². The normalized spacial score (nSPS) is 49.4. The monoisotopic (exact) mass is 806 g/mol. The Morgan fingerprint density at radius 2 is 1.63 bits per heavy atom. The molecule has 0 amide bonds. The lowest BCUT2D eigenvalue weighted by Gasteiger charge is -2.64. The van der Waals surface area contributed by atoms with Gasteiger partial charge < -0.3 is 59.1 Å². The van der Waals surface area contributed by atoms with Crippen molar-refractivity contribution in [1.29, 1.82) is 0 Å². The van der Waals surface area contributed by atoms with Crippen LogP contribution in [0.2, 0.25) is 0 Å². The Balaban J connectivity index is 1.11. The fourth-order valence-electron chi connectivity index (χ4n) is 13.3. The first kappa shape index (κ1) is 43.1. The summed E-state index contributed by atoms with van der Waals surface area (Å²) in [5.41, 5.74) is -0.0550. The lowest BCUT2D eigenvalue weighted by Crippen LogP contribution is -2.64. The number of cyclic esters (lactones) is 1. The van der Waals surface area contributed by atoms with E-state index in [4.69, 9.17) is 28.4 Å². The van der Waals surface area contributed by atoms with Crippen molar-refractivity contribution < 1.29 is 68.6 Å². The SMILES string of the molecule is C=C(C)C[C@@H](C[C@]1(C)OC(=O)[C@]23CC[C@H]4C(=CC[C@H]5C(C)(C)[C@@H](O[C@@H]6OC[C@@H](O)[C@H](O)[C@H]6O[C@@H]6O[C@H](CO)[C@@H](O)[C@H](O)[C@H]6O)CC[C@]45C)[C@]2(C)CC[C@@H]31)OC(C)=O. The van der Waals surface area contributed by atoms with Crippen LogP contribution in [0.15, 0.2) is 23.8 Å². The molecular weight excluding hydrogens is 740 g/mol. The molecule has 3 heterocycles. The van der Waals surface area contributed by atoms with Gasteiger partial charge in [0.1, 0.15) is 54.4 Å². The number of carbonyl (C=O) groups excluding carboxylic acids is 2. The maximum atomic E-state index is 14.4. The Kier molecular flexibility index (Phi) is 11.5. The highest BCUT2D eigenvalue weighted by atomic mass is 16.8. The minimum absolute atomic E-state index is 0.0128. The molecule has 18 atom stereocenters. The number of aliphatic hydroxyl groups excluding tert-OH is 6. The molecule has 14 heteroatoms. The number of hydrogen-bond donors (Lipinski definition) is 6. The van der Waals surface area contributed by atoms with Gasteiger partial charge in [-0.05, 0) is 81.5 Å². The third kappa shape index (κ3) is 6.76. The Bertz CT molecular complexity index is 1580. The molecule has 0 radical (unpaired) electrons. The number of allylic oxidation sites excluding steroid dienone is 2. The van der Waals surface area contributed by atoms with E-state index in [1.165, 1.54) is 12.5 Å². The standard InChI is InChI=1S/C43H66O14/c1-21(2)17-23(53-22(3)45)18-42(8)29-12-15-41(7)25-9-10-28-39(4,5)30(13-14-40(28,6)24(25)11-16-43(29,41)38(51)57-42)55-37-35(31(47)26(46)20-52-37)56-36-34(50)33(49)32(48)27(19-44)54-36/h9,23-24,26-37,44,46-50H,1,10-20H2,2-8H3/t23-,24-,26+,27+,28-,29+,30-,31-,32+,33-,34+,35+,36-,37-,40+,41-,42-,43+/m0/s1. The molecule has 322 valence electrons. The maximum absolute atomic E-state index is 14.4. The van der Waals surface area contributed by atoms with Crippen molar-refractivity contribution in [1.82, 2.24) is 0 Å². The Morgan fingerprint density at radius 1 is 0.912 bits per heavy atom. The number of rotatable bonds is 10. The minimum Gasteiger partial charge on any atom is -0.462 e. The van der Waals surface area contributed by atoms with E-state index in [0.29, 0.717) is 19.3 Å². The van der Waals surface area contributed by atoms with Gasteiger partial charge in [-0.3, -0.25) is 9.59 Å². The Hall–Kier alpha value is -1.98. The van der Waals surface area contributed by atoms with Crippen LogP contribution in [0.4, 0.5) is 0 Å². The van der Waals surface area contributed by atoms with Gasteiger partial charge in [0.15, 0.2) is 12.6 Å². The first-order valence-corrected chi connectivity index (χ1v) is 21.0. The first-order chi connectivity index (χ1) is 26.6. The number of esters is 2. The van der Waals surface area contributed by atoms with Crippen LogP contribution in [-0.4, -0.2) is 129 Å². The van der Waals surface area contributed by atoms with Crippen molar-refractivity contribution >= 4 is 11.9 Å². The molecule has 3 saturated carbocycles. The second-order valence-electron chi connectivity index (χ2n) is 19.8. The number of aliphatic hydroxyl groups is 6. The fourth-order valence-corrected chi connectivity index (χ4v) is 13.3. The lowest BCUT2D eigenvalue weighted by atomic mass is 9.41. The van der Waals surface area contributed by atoms with Gasteiger partial charge in [0.05, 0.1) is 24.7 Å². The van der Waals surface area contributed by atoms with Crippen LogP contribution in [0.5, 0.6) is 0 Å². The number of ether oxygens (including phenoxy) is 6. The summed E-state index contributed by atoms with van der Waals surface area (Å²) in [6.45, 7) is 17.6. The summed E-state index contributed by atoms with van der Waals surface area (Å²) in [5.74, 6) is -0.0725. The van der Waals surface area contributed by atoms with Gasteiger partial charge in [0, 0.05) is 31.1 Å².